The highest BCUT2D eigenvalue weighted by Gasteiger charge is 2.47. The third-order valence-electron chi connectivity index (χ3n) is 5.20. The summed E-state index contributed by atoms with van der Waals surface area (Å²) in [6.07, 6.45) is 0.691. The van der Waals surface area contributed by atoms with E-state index in [4.69, 9.17) is 39.5 Å². The van der Waals surface area contributed by atoms with Gasteiger partial charge in [-0.3, -0.25) is 4.79 Å². The van der Waals surface area contributed by atoms with Gasteiger partial charge in [0.25, 0.3) is 0 Å². The van der Waals surface area contributed by atoms with Crippen LogP contribution in [0.15, 0.2) is 36.1 Å². The Balaban J connectivity index is 2.29. The van der Waals surface area contributed by atoms with Crippen LogP contribution < -0.4 is 0 Å². The maximum Gasteiger partial charge on any atom is 0.198 e. The van der Waals surface area contributed by atoms with Crippen molar-refractivity contribution >= 4 is 46.2 Å². The second-order valence-corrected chi connectivity index (χ2v) is 9.29. The SMILES string of the molecule is CCc1ccc(-c2ccc(Cl)c(Cl)c2Cl)cc1C1=C(O)C(C)(C)OC(C)(C)C1=O. The minimum Gasteiger partial charge on any atom is -0.508 e. The lowest BCUT2D eigenvalue weighted by atomic mass is 9.80. The highest BCUT2D eigenvalue weighted by molar-refractivity contribution is 6.49. The van der Waals surface area contributed by atoms with E-state index >= 15 is 0 Å². The van der Waals surface area contributed by atoms with Gasteiger partial charge in [-0.05, 0) is 62.9 Å². The fourth-order valence-electron chi connectivity index (χ4n) is 3.73. The fourth-order valence-corrected chi connectivity index (χ4v) is 4.37. The molecule has 1 aliphatic rings. The second kappa shape index (κ2) is 7.63. The summed E-state index contributed by atoms with van der Waals surface area (Å²) in [5, 5.41) is 11.9. The van der Waals surface area contributed by atoms with Crippen LogP contribution in [0.1, 0.15) is 45.7 Å². The molecule has 1 N–H and O–H groups in total. The molecule has 6 heteroatoms. The molecule has 0 aliphatic carbocycles. The molecule has 3 nitrogen and oxygen atoms in total. The van der Waals surface area contributed by atoms with Crippen molar-refractivity contribution in [1.29, 1.82) is 0 Å². The third kappa shape index (κ3) is 3.82. The Labute approximate surface area is 186 Å². The Morgan fingerprint density at radius 3 is 2.21 bits per heavy atom. The lowest BCUT2D eigenvalue weighted by molar-refractivity contribution is -0.158. The zero-order chi connectivity index (χ0) is 21.7. The lowest BCUT2D eigenvalue weighted by Crippen LogP contribution is -2.49. The largest absolute Gasteiger partial charge is 0.508 e. The van der Waals surface area contributed by atoms with E-state index in [2.05, 4.69) is 0 Å². The third-order valence-corrected chi connectivity index (χ3v) is 6.49. The number of halogens is 3. The van der Waals surface area contributed by atoms with E-state index in [1.807, 2.05) is 25.1 Å². The zero-order valence-electron chi connectivity index (χ0n) is 17.0. The maximum atomic E-state index is 13.2. The van der Waals surface area contributed by atoms with Crippen molar-refractivity contribution in [3.8, 4) is 11.1 Å². The number of aliphatic hydroxyl groups excluding tert-OH is 1. The van der Waals surface area contributed by atoms with Crippen LogP contribution in [0.25, 0.3) is 16.7 Å². The molecule has 0 aromatic heterocycles. The van der Waals surface area contributed by atoms with E-state index in [9.17, 15) is 9.90 Å². The van der Waals surface area contributed by atoms with Crippen molar-refractivity contribution in [2.75, 3.05) is 0 Å². The molecule has 3 rings (SSSR count). The van der Waals surface area contributed by atoms with E-state index in [0.29, 0.717) is 27.6 Å². The van der Waals surface area contributed by atoms with Crippen molar-refractivity contribution in [2.45, 2.75) is 52.2 Å². The van der Waals surface area contributed by atoms with E-state index in [1.165, 1.54) is 0 Å². The van der Waals surface area contributed by atoms with Crippen LogP contribution in [0, 0.1) is 0 Å². The fraction of sp³-hybridized carbons (Fsp3) is 0.348. The Morgan fingerprint density at radius 1 is 0.931 bits per heavy atom. The number of Topliss-reactive ketones (excluding diaryl/α,β-unsaturated/α-hetero) is 1. The van der Waals surface area contributed by atoms with Gasteiger partial charge >= 0.3 is 0 Å². The molecule has 0 bridgehead atoms. The van der Waals surface area contributed by atoms with Crippen molar-refractivity contribution in [1.82, 2.24) is 0 Å². The van der Waals surface area contributed by atoms with Crippen LogP contribution in [-0.4, -0.2) is 22.1 Å². The van der Waals surface area contributed by atoms with Gasteiger partial charge in [-0.1, -0.05) is 59.9 Å². The average Bonchev–Trinajstić information content (AvgIpc) is 2.64. The molecule has 0 fully saturated rings. The molecule has 0 amide bonds. The second-order valence-electron chi connectivity index (χ2n) is 8.12. The number of benzene rings is 2. The van der Waals surface area contributed by atoms with Gasteiger partial charge < -0.3 is 9.84 Å². The standard InChI is InChI=1S/C23H23Cl3O3/c1-6-12-7-8-13(14-9-10-16(24)19(26)18(14)25)11-15(12)17-20(27)22(2,3)29-23(4,5)21(17)28/h7-11,27H,6H2,1-5H3. The van der Waals surface area contributed by atoms with Gasteiger partial charge in [-0.25, -0.2) is 0 Å². The molecule has 0 unspecified atom stereocenters. The van der Waals surface area contributed by atoms with Crippen LogP contribution in [0.3, 0.4) is 0 Å². The van der Waals surface area contributed by atoms with Gasteiger partial charge in [0, 0.05) is 5.56 Å². The monoisotopic (exact) mass is 452 g/mol. The van der Waals surface area contributed by atoms with E-state index < -0.39 is 11.2 Å². The number of ketones is 1. The first-order valence-corrected chi connectivity index (χ1v) is 10.5. The number of carbonyl (C=O) groups is 1. The Hall–Kier alpha value is -1.52. The zero-order valence-corrected chi connectivity index (χ0v) is 19.3. The Morgan fingerprint density at radius 2 is 1.59 bits per heavy atom. The minimum atomic E-state index is -1.06. The summed E-state index contributed by atoms with van der Waals surface area (Å²) >= 11 is 18.7. The molecule has 2 aromatic rings. The molecule has 0 spiro atoms. The molecule has 29 heavy (non-hydrogen) atoms. The van der Waals surface area contributed by atoms with E-state index in [0.717, 1.165) is 11.1 Å². The highest BCUT2D eigenvalue weighted by atomic mass is 35.5. The first-order valence-electron chi connectivity index (χ1n) is 9.36. The predicted molar refractivity (Wildman–Crippen MR) is 120 cm³/mol. The predicted octanol–water partition coefficient (Wildman–Crippen LogP) is 7.30. The Kier molecular flexibility index (Phi) is 5.83. The molecular formula is C23H23Cl3O3. The summed E-state index contributed by atoms with van der Waals surface area (Å²) in [5.41, 5.74) is 1.30. The lowest BCUT2D eigenvalue weighted by Gasteiger charge is -2.40. The topological polar surface area (TPSA) is 46.5 Å². The number of hydrogen-bond donors (Lipinski definition) is 1. The highest BCUT2D eigenvalue weighted by Crippen LogP contribution is 2.43. The number of ether oxygens (including phenoxy) is 1. The molecule has 1 aliphatic heterocycles. The number of rotatable bonds is 3. The molecular weight excluding hydrogens is 431 g/mol. The summed E-state index contributed by atoms with van der Waals surface area (Å²) in [6, 6.07) is 9.19. The van der Waals surface area contributed by atoms with Crippen LogP contribution in [0.5, 0.6) is 0 Å². The van der Waals surface area contributed by atoms with Crippen LogP contribution in [0.2, 0.25) is 15.1 Å². The number of carbonyl (C=O) groups excluding carboxylic acids is 1. The average molecular weight is 454 g/mol. The van der Waals surface area contributed by atoms with Gasteiger partial charge in [-0.15, -0.1) is 0 Å². The van der Waals surface area contributed by atoms with Gasteiger partial charge in [0.2, 0.25) is 0 Å². The molecule has 0 saturated heterocycles. The molecule has 0 atom stereocenters. The number of hydrogen-bond acceptors (Lipinski definition) is 3. The molecule has 2 aromatic carbocycles. The smallest absolute Gasteiger partial charge is 0.198 e. The maximum absolute atomic E-state index is 13.2. The Bertz CT molecular complexity index is 1040. The van der Waals surface area contributed by atoms with Crippen LogP contribution in [-0.2, 0) is 16.0 Å². The minimum absolute atomic E-state index is 0.0751. The molecule has 0 saturated carbocycles. The van der Waals surface area contributed by atoms with Gasteiger partial charge in [0.15, 0.2) is 5.78 Å². The first kappa shape index (κ1) is 22.2. The van der Waals surface area contributed by atoms with Crippen LogP contribution in [0.4, 0.5) is 0 Å². The summed E-state index contributed by atoms with van der Waals surface area (Å²) in [7, 11) is 0. The van der Waals surface area contributed by atoms with E-state index in [1.54, 1.807) is 39.8 Å². The summed E-state index contributed by atoms with van der Waals surface area (Å²) in [5.74, 6) is -0.338. The first-order chi connectivity index (χ1) is 13.4. The summed E-state index contributed by atoms with van der Waals surface area (Å²) < 4.78 is 5.86. The normalized spacial score (nSPS) is 18.3. The number of aryl methyl sites for hydroxylation is 1. The van der Waals surface area contributed by atoms with Crippen molar-refractivity contribution in [3.05, 3.63) is 62.3 Å². The van der Waals surface area contributed by atoms with Gasteiger partial charge in [-0.2, -0.15) is 0 Å². The van der Waals surface area contributed by atoms with Gasteiger partial charge in [0.1, 0.15) is 17.0 Å². The summed E-state index contributed by atoms with van der Waals surface area (Å²) in [6.45, 7) is 8.94. The molecule has 0 radical (unpaired) electrons. The van der Waals surface area contributed by atoms with Crippen molar-refractivity contribution in [3.63, 3.8) is 0 Å². The van der Waals surface area contributed by atoms with Crippen molar-refractivity contribution < 1.29 is 14.6 Å². The number of aliphatic hydroxyl groups is 1. The van der Waals surface area contributed by atoms with E-state index in [-0.39, 0.29) is 22.1 Å². The molecule has 1 heterocycles. The van der Waals surface area contributed by atoms with Crippen LogP contribution >= 0.6 is 34.8 Å². The van der Waals surface area contributed by atoms with Gasteiger partial charge in [0.05, 0.1) is 20.6 Å². The summed E-state index contributed by atoms with van der Waals surface area (Å²) in [4.78, 5) is 13.2. The van der Waals surface area contributed by atoms with Crippen molar-refractivity contribution in [2.24, 2.45) is 0 Å². The quantitative estimate of drug-likeness (QED) is 0.496. The molecule has 154 valence electrons.